The average molecular weight is 314 g/mol. The van der Waals surface area contributed by atoms with Crippen LogP contribution in [-0.4, -0.2) is 35.8 Å². The molecule has 0 aliphatic carbocycles. The molecule has 2 aliphatic rings. The summed E-state index contributed by atoms with van der Waals surface area (Å²) in [6.07, 6.45) is 4.69. The highest BCUT2D eigenvalue weighted by Gasteiger charge is 2.38. The number of anilines is 1. The normalized spacial score (nSPS) is 25.0. The zero-order valence-electron chi connectivity index (χ0n) is 14.1. The van der Waals surface area contributed by atoms with Crippen molar-refractivity contribution >= 4 is 17.5 Å². The van der Waals surface area contributed by atoms with Gasteiger partial charge in [-0.3, -0.25) is 9.59 Å². The molecule has 0 spiro atoms. The first-order valence-electron chi connectivity index (χ1n) is 8.80. The van der Waals surface area contributed by atoms with E-state index < -0.39 is 0 Å². The summed E-state index contributed by atoms with van der Waals surface area (Å²) in [6, 6.07) is 8.42. The molecule has 23 heavy (non-hydrogen) atoms. The lowest BCUT2D eigenvalue weighted by atomic mass is 9.99. The van der Waals surface area contributed by atoms with Gasteiger partial charge in [0.05, 0.1) is 5.92 Å². The van der Waals surface area contributed by atoms with Gasteiger partial charge in [-0.1, -0.05) is 19.1 Å². The third-order valence-electron chi connectivity index (χ3n) is 5.22. The van der Waals surface area contributed by atoms with Crippen LogP contribution in [0.15, 0.2) is 24.3 Å². The summed E-state index contributed by atoms with van der Waals surface area (Å²) in [5.74, 6) is 0.0457. The Labute approximate surface area is 138 Å². The first kappa shape index (κ1) is 16.0. The van der Waals surface area contributed by atoms with E-state index in [-0.39, 0.29) is 17.7 Å². The number of carbonyl (C=O) groups excluding carboxylic acids is 2. The molecule has 0 N–H and O–H groups in total. The monoisotopic (exact) mass is 314 g/mol. The number of rotatable bonds is 3. The maximum absolute atomic E-state index is 12.8. The molecule has 4 nitrogen and oxygen atoms in total. The van der Waals surface area contributed by atoms with Crippen molar-refractivity contribution in [3.63, 3.8) is 0 Å². The number of hydrogen-bond acceptors (Lipinski definition) is 2. The van der Waals surface area contributed by atoms with Gasteiger partial charge in [-0.05, 0) is 50.3 Å². The second kappa shape index (κ2) is 6.73. The number of benzene rings is 1. The maximum atomic E-state index is 12.8. The highest BCUT2D eigenvalue weighted by atomic mass is 16.2. The van der Waals surface area contributed by atoms with Crippen molar-refractivity contribution < 1.29 is 9.59 Å². The lowest BCUT2D eigenvalue weighted by molar-refractivity contribution is -0.139. The van der Waals surface area contributed by atoms with Gasteiger partial charge in [-0.15, -0.1) is 0 Å². The molecule has 2 heterocycles. The number of likely N-dealkylation sites (tertiary alicyclic amines) is 1. The van der Waals surface area contributed by atoms with Crippen LogP contribution >= 0.6 is 0 Å². The topological polar surface area (TPSA) is 40.6 Å². The quantitative estimate of drug-likeness (QED) is 0.860. The Morgan fingerprint density at radius 2 is 1.96 bits per heavy atom. The van der Waals surface area contributed by atoms with Crippen LogP contribution in [0.3, 0.4) is 0 Å². The molecular weight excluding hydrogens is 288 g/mol. The predicted molar refractivity (Wildman–Crippen MR) is 91.3 cm³/mol. The fraction of sp³-hybridized carbons (Fsp3) is 0.579. The fourth-order valence-corrected chi connectivity index (χ4v) is 3.69. The van der Waals surface area contributed by atoms with Gasteiger partial charge in [0.25, 0.3) is 0 Å². The first-order chi connectivity index (χ1) is 11.1. The number of carbonyl (C=O) groups is 2. The van der Waals surface area contributed by atoms with Crippen molar-refractivity contribution in [3.05, 3.63) is 29.8 Å². The molecule has 2 fully saturated rings. The minimum absolute atomic E-state index is 0.0669. The van der Waals surface area contributed by atoms with Gasteiger partial charge in [-0.25, -0.2) is 0 Å². The molecule has 0 bridgehead atoms. The molecule has 2 aliphatic heterocycles. The summed E-state index contributed by atoms with van der Waals surface area (Å²) in [7, 11) is 0. The number of nitrogens with zero attached hydrogens (tertiary/aromatic N) is 2. The summed E-state index contributed by atoms with van der Waals surface area (Å²) >= 11 is 0. The van der Waals surface area contributed by atoms with Crippen molar-refractivity contribution in [2.24, 2.45) is 5.92 Å². The second-order valence-electron chi connectivity index (χ2n) is 6.80. The van der Waals surface area contributed by atoms with Crippen LogP contribution in [0.25, 0.3) is 0 Å². The van der Waals surface area contributed by atoms with Gasteiger partial charge >= 0.3 is 0 Å². The highest BCUT2D eigenvalue weighted by molar-refractivity contribution is 6.00. The first-order valence-corrected chi connectivity index (χ1v) is 8.80. The molecule has 2 amide bonds. The van der Waals surface area contributed by atoms with Crippen LogP contribution in [0.5, 0.6) is 0 Å². The lowest BCUT2D eigenvalue weighted by Crippen LogP contribution is -2.45. The van der Waals surface area contributed by atoms with Crippen molar-refractivity contribution in [2.45, 2.75) is 52.0 Å². The van der Waals surface area contributed by atoms with Crippen molar-refractivity contribution in [1.82, 2.24) is 4.90 Å². The van der Waals surface area contributed by atoms with E-state index in [9.17, 15) is 9.59 Å². The van der Waals surface area contributed by atoms with Crippen molar-refractivity contribution in [2.75, 3.05) is 18.0 Å². The van der Waals surface area contributed by atoms with Gasteiger partial charge in [0.2, 0.25) is 11.8 Å². The van der Waals surface area contributed by atoms with E-state index >= 15 is 0 Å². The molecule has 2 unspecified atom stereocenters. The molecule has 124 valence electrons. The summed E-state index contributed by atoms with van der Waals surface area (Å²) in [4.78, 5) is 28.9. The van der Waals surface area contributed by atoms with Gasteiger partial charge < -0.3 is 9.80 Å². The van der Waals surface area contributed by atoms with Gasteiger partial charge in [0.15, 0.2) is 0 Å². The highest BCUT2D eigenvalue weighted by Crippen LogP contribution is 2.28. The van der Waals surface area contributed by atoms with E-state index in [0.29, 0.717) is 19.0 Å². The molecule has 1 aromatic carbocycles. The van der Waals surface area contributed by atoms with Crippen LogP contribution in [0.4, 0.5) is 5.69 Å². The van der Waals surface area contributed by atoms with Crippen LogP contribution in [0, 0.1) is 5.92 Å². The Balaban J connectivity index is 1.70. The Morgan fingerprint density at radius 1 is 1.22 bits per heavy atom. The minimum atomic E-state index is -0.186. The smallest absolute Gasteiger partial charge is 0.228 e. The Kier molecular flexibility index (Phi) is 4.69. The van der Waals surface area contributed by atoms with E-state index in [1.807, 2.05) is 17.0 Å². The number of aryl methyl sites for hydroxylation is 1. The second-order valence-corrected chi connectivity index (χ2v) is 6.80. The van der Waals surface area contributed by atoms with Gasteiger partial charge in [0.1, 0.15) is 0 Å². The summed E-state index contributed by atoms with van der Waals surface area (Å²) in [5.41, 5.74) is 2.17. The SMILES string of the molecule is CCc1ccc(N2CC(C(=O)N3CCCCC3C)CC2=O)cc1. The number of hydrogen-bond donors (Lipinski definition) is 0. The summed E-state index contributed by atoms with van der Waals surface area (Å²) in [6.45, 7) is 5.60. The molecule has 0 aromatic heterocycles. The molecule has 1 aromatic rings. The zero-order valence-corrected chi connectivity index (χ0v) is 14.1. The van der Waals surface area contributed by atoms with E-state index in [4.69, 9.17) is 0 Å². The van der Waals surface area contributed by atoms with Gasteiger partial charge in [-0.2, -0.15) is 0 Å². The van der Waals surface area contributed by atoms with Crippen molar-refractivity contribution in [3.8, 4) is 0 Å². The van der Waals surface area contributed by atoms with E-state index in [0.717, 1.165) is 31.5 Å². The van der Waals surface area contributed by atoms with Crippen molar-refractivity contribution in [1.29, 1.82) is 0 Å². The molecule has 2 atom stereocenters. The Bertz CT molecular complexity index is 582. The Hall–Kier alpha value is -1.84. The summed E-state index contributed by atoms with van der Waals surface area (Å²) in [5, 5.41) is 0. The zero-order chi connectivity index (χ0) is 16.4. The minimum Gasteiger partial charge on any atom is -0.340 e. The molecule has 0 radical (unpaired) electrons. The molecule has 3 rings (SSSR count). The maximum Gasteiger partial charge on any atom is 0.228 e. The van der Waals surface area contributed by atoms with E-state index in [1.54, 1.807) is 4.90 Å². The number of piperidine rings is 1. The predicted octanol–water partition coefficient (Wildman–Crippen LogP) is 3.00. The van der Waals surface area contributed by atoms with Crippen LogP contribution < -0.4 is 4.90 Å². The van der Waals surface area contributed by atoms with Crippen LogP contribution in [0.2, 0.25) is 0 Å². The van der Waals surface area contributed by atoms with Crippen LogP contribution in [0.1, 0.15) is 45.1 Å². The summed E-state index contributed by atoms with van der Waals surface area (Å²) < 4.78 is 0. The standard InChI is InChI=1S/C19H26N2O2/c1-3-15-7-9-17(10-8-15)21-13-16(12-18(21)22)19(23)20-11-5-4-6-14(20)2/h7-10,14,16H,3-6,11-13H2,1-2H3. The third kappa shape index (κ3) is 3.26. The average Bonchev–Trinajstić information content (AvgIpc) is 2.96. The molecule has 2 saturated heterocycles. The lowest BCUT2D eigenvalue weighted by Gasteiger charge is -2.35. The van der Waals surface area contributed by atoms with Gasteiger partial charge in [0, 0.05) is 31.2 Å². The van der Waals surface area contributed by atoms with E-state index in [1.165, 1.54) is 12.0 Å². The Morgan fingerprint density at radius 3 is 2.61 bits per heavy atom. The van der Waals surface area contributed by atoms with E-state index in [2.05, 4.69) is 26.0 Å². The molecule has 0 saturated carbocycles. The third-order valence-corrected chi connectivity index (χ3v) is 5.22. The fourth-order valence-electron chi connectivity index (χ4n) is 3.69. The van der Waals surface area contributed by atoms with Crippen LogP contribution in [-0.2, 0) is 16.0 Å². The molecular formula is C19H26N2O2. The molecule has 4 heteroatoms. The largest absolute Gasteiger partial charge is 0.340 e. The number of amides is 2.